The van der Waals surface area contributed by atoms with Crippen LogP contribution in [0.15, 0.2) is 0 Å². The van der Waals surface area contributed by atoms with E-state index in [1.54, 1.807) is 0 Å². The molecular formula is C10H22ClNO. The van der Waals surface area contributed by atoms with Gasteiger partial charge in [0.1, 0.15) is 0 Å². The summed E-state index contributed by atoms with van der Waals surface area (Å²) in [6, 6.07) is 0.380. The van der Waals surface area contributed by atoms with Crippen LogP contribution < -0.4 is 5.32 Å². The third-order valence-corrected chi connectivity index (χ3v) is 2.67. The molecule has 0 spiro atoms. The van der Waals surface area contributed by atoms with Crippen molar-refractivity contribution in [1.82, 2.24) is 5.32 Å². The zero-order valence-corrected chi connectivity index (χ0v) is 9.28. The lowest BCUT2D eigenvalue weighted by Crippen LogP contribution is -2.43. The molecular weight excluding hydrogens is 186 g/mol. The topological polar surface area (TPSA) is 32.3 Å². The molecule has 0 saturated carbocycles. The lowest BCUT2D eigenvalue weighted by Gasteiger charge is -2.27. The van der Waals surface area contributed by atoms with Crippen molar-refractivity contribution in [1.29, 1.82) is 0 Å². The van der Waals surface area contributed by atoms with Crippen LogP contribution in [0.4, 0.5) is 0 Å². The number of piperidine rings is 1. The van der Waals surface area contributed by atoms with Gasteiger partial charge in [0, 0.05) is 6.04 Å². The molecule has 0 amide bonds. The lowest BCUT2D eigenvalue weighted by molar-refractivity contribution is 0.102. The molecule has 1 fully saturated rings. The molecule has 2 nitrogen and oxygen atoms in total. The quantitative estimate of drug-likeness (QED) is 0.740. The first-order valence-electron chi connectivity index (χ1n) is 5.26. The molecule has 0 aliphatic carbocycles. The molecule has 0 aromatic rings. The number of aliphatic hydroxyl groups is 1. The normalized spacial score (nSPS) is 24.9. The van der Waals surface area contributed by atoms with Gasteiger partial charge in [-0.3, -0.25) is 0 Å². The van der Waals surface area contributed by atoms with E-state index >= 15 is 0 Å². The average Bonchev–Trinajstić information content (AvgIpc) is 2.15. The molecule has 1 aliphatic rings. The molecule has 2 unspecified atom stereocenters. The van der Waals surface area contributed by atoms with Crippen LogP contribution in [-0.4, -0.2) is 23.8 Å². The molecule has 1 rings (SSSR count). The Balaban J connectivity index is 0.00000144. The average molecular weight is 208 g/mol. The summed E-state index contributed by atoms with van der Waals surface area (Å²) < 4.78 is 0. The first-order chi connectivity index (χ1) is 5.84. The molecule has 0 aromatic heterocycles. The van der Waals surface area contributed by atoms with E-state index in [0.717, 1.165) is 25.8 Å². The fourth-order valence-electron chi connectivity index (χ4n) is 1.82. The van der Waals surface area contributed by atoms with Gasteiger partial charge in [0.05, 0.1) is 6.10 Å². The number of halogens is 1. The van der Waals surface area contributed by atoms with Crippen molar-refractivity contribution in [3.63, 3.8) is 0 Å². The van der Waals surface area contributed by atoms with E-state index < -0.39 is 0 Å². The van der Waals surface area contributed by atoms with Gasteiger partial charge in [0.25, 0.3) is 0 Å². The summed E-state index contributed by atoms with van der Waals surface area (Å²) in [7, 11) is 0. The number of aliphatic hydroxyl groups excluding tert-OH is 1. The van der Waals surface area contributed by atoms with Crippen LogP contribution in [0.1, 0.15) is 45.4 Å². The van der Waals surface area contributed by atoms with Crippen molar-refractivity contribution in [3.8, 4) is 0 Å². The molecule has 2 atom stereocenters. The Hall–Kier alpha value is 0.210. The molecule has 1 saturated heterocycles. The van der Waals surface area contributed by atoms with Gasteiger partial charge in [-0.05, 0) is 25.8 Å². The van der Waals surface area contributed by atoms with Gasteiger partial charge in [0.15, 0.2) is 0 Å². The Bertz CT molecular complexity index is 115. The van der Waals surface area contributed by atoms with Gasteiger partial charge in [0.2, 0.25) is 0 Å². The second kappa shape index (κ2) is 7.60. The van der Waals surface area contributed by atoms with E-state index in [9.17, 15) is 5.11 Å². The third kappa shape index (κ3) is 4.84. The molecule has 80 valence electrons. The fourth-order valence-corrected chi connectivity index (χ4v) is 1.82. The lowest BCUT2D eigenvalue weighted by atomic mass is 9.97. The maximum Gasteiger partial charge on any atom is 0.0693 e. The molecule has 2 N–H and O–H groups in total. The van der Waals surface area contributed by atoms with E-state index in [1.165, 1.54) is 19.3 Å². The highest BCUT2D eigenvalue weighted by molar-refractivity contribution is 5.85. The van der Waals surface area contributed by atoms with Gasteiger partial charge in [-0.25, -0.2) is 0 Å². The Labute approximate surface area is 87.5 Å². The van der Waals surface area contributed by atoms with Crippen molar-refractivity contribution in [2.75, 3.05) is 6.54 Å². The zero-order valence-electron chi connectivity index (χ0n) is 8.46. The van der Waals surface area contributed by atoms with E-state index in [-0.39, 0.29) is 18.5 Å². The van der Waals surface area contributed by atoms with E-state index in [0.29, 0.717) is 6.04 Å². The predicted molar refractivity (Wildman–Crippen MR) is 58.4 cm³/mol. The number of hydrogen-bond donors (Lipinski definition) is 2. The van der Waals surface area contributed by atoms with Crippen LogP contribution in [0.25, 0.3) is 0 Å². The Morgan fingerprint density at radius 2 is 2.23 bits per heavy atom. The minimum absolute atomic E-state index is 0. The highest BCUT2D eigenvalue weighted by Gasteiger charge is 2.19. The molecule has 0 radical (unpaired) electrons. The van der Waals surface area contributed by atoms with Crippen LogP contribution in [-0.2, 0) is 0 Å². The molecule has 1 aliphatic heterocycles. The first-order valence-corrected chi connectivity index (χ1v) is 5.26. The Morgan fingerprint density at radius 1 is 1.46 bits per heavy atom. The SMILES string of the molecule is CCCCC(O)C1CCCCN1.Cl. The first kappa shape index (κ1) is 13.2. The van der Waals surface area contributed by atoms with Crippen molar-refractivity contribution in [3.05, 3.63) is 0 Å². The minimum Gasteiger partial charge on any atom is -0.392 e. The summed E-state index contributed by atoms with van der Waals surface area (Å²) in [5, 5.41) is 13.1. The number of nitrogens with one attached hydrogen (secondary N) is 1. The standard InChI is InChI=1S/C10H21NO.ClH/c1-2-3-7-10(12)9-6-4-5-8-11-9;/h9-12H,2-8H2,1H3;1H. The molecule has 3 heteroatoms. The highest BCUT2D eigenvalue weighted by atomic mass is 35.5. The van der Waals surface area contributed by atoms with Crippen LogP contribution >= 0.6 is 12.4 Å². The maximum atomic E-state index is 9.74. The van der Waals surface area contributed by atoms with E-state index in [4.69, 9.17) is 0 Å². The van der Waals surface area contributed by atoms with Crippen LogP contribution in [0.2, 0.25) is 0 Å². The predicted octanol–water partition coefficient (Wildman–Crippen LogP) is 2.10. The molecule has 13 heavy (non-hydrogen) atoms. The zero-order chi connectivity index (χ0) is 8.81. The Morgan fingerprint density at radius 3 is 2.77 bits per heavy atom. The third-order valence-electron chi connectivity index (χ3n) is 2.67. The van der Waals surface area contributed by atoms with Crippen molar-refractivity contribution in [2.45, 2.75) is 57.6 Å². The largest absolute Gasteiger partial charge is 0.392 e. The second-order valence-electron chi connectivity index (χ2n) is 3.77. The molecule has 1 heterocycles. The maximum absolute atomic E-state index is 9.74. The smallest absolute Gasteiger partial charge is 0.0693 e. The van der Waals surface area contributed by atoms with Crippen LogP contribution in [0, 0.1) is 0 Å². The Kier molecular flexibility index (Phi) is 7.72. The monoisotopic (exact) mass is 207 g/mol. The summed E-state index contributed by atoms with van der Waals surface area (Å²) >= 11 is 0. The van der Waals surface area contributed by atoms with Gasteiger partial charge in [-0.1, -0.05) is 26.2 Å². The number of hydrogen-bond acceptors (Lipinski definition) is 2. The highest BCUT2D eigenvalue weighted by Crippen LogP contribution is 2.14. The summed E-state index contributed by atoms with van der Waals surface area (Å²) in [6.45, 7) is 3.26. The number of unbranched alkanes of at least 4 members (excludes halogenated alkanes) is 1. The number of rotatable bonds is 4. The molecule has 0 aromatic carbocycles. The van der Waals surface area contributed by atoms with E-state index in [1.807, 2.05) is 0 Å². The van der Waals surface area contributed by atoms with Gasteiger partial charge >= 0.3 is 0 Å². The van der Waals surface area contributed by atoms with Crippen LogP contribution in [0.3, 0.4) is 0 Å². The van der Waals surface area contributed by atoms with Gasteiger partial charge < -0.3 is 10.4 Å². The minimum atomic E-state index is -0.106. The van der Waals surface area contributed by atoms with Crippen molar-refractivity contribution in [2.24, 2.45) is 0 Å². The van der Waals surface area contributed by atoms with Crippen molar-refractivity contribution >= 4 is 12.4 Å². The summed E-state index contributed by atoms with van der Waals surface area (Å²) in [6.07, 6.45) is 6.91. The van der Waals surface area contributed by atoms with Gasteiger partial charge in [-0.2, -0.15) is 0 Å². The van der Waals surface area contributed by atoms with Gasteiger partial charge in [-0.15, -0.1) is 12.4 Å². The van der Waals surface area contributed by atoms with Crippen molar-refractivity contribution < 1.29 is 5.11 Å². The summed E-state index contributed by atoms with van der Waals surface area (Å²) in [4.78, 5) is 0. The van der Waals surface area contributed by atoms with Crippen LogP contribution in [0.5, 0.6) is 0 Å². The summed E-state index contributed by atoms with van der Waals surface area (Å²) in [5.41, 5.74) is 0. The fraction of sp³-hybridized carbons (Fsp3) is 1.00. The second-order valence-corrected chi connectivity index (χ2v) is 3.77. The summed E-state index contributed by atoms with van der Waals surface area (Å²) in [5.74, 6) is 0. The molecule has 0 bridgehead atoms. The van der Waals surface area contributed by atoms with E-state index in [2.05, 4.69) is 12.2 Å².